The highest BCUT2D eigenvalue weighted by Gasteiger charge is 2.31. The molecule has 0 atom stereocenters. The van der Waals surface area contributed by atoms with Gasteiger partial charge in [0.1, 0.15) is 5.70 Å². The molecule has 32 heavy (non-hydrogen) atoms. The number of carbonyl (C=O) groups is 3. The first kappa shape index (κ1) is 22.6. The minimum atomic E-state index is -0.816. The van der Waals surface area contributed by atoms with E-state index >= 15 is 0 Å². The molecule has 0 saturated heterocycles. The summed E-state index contributed by atoms with van der Waals surface area (Å²) in [6.45, 7) is 0.638. The van der Waals surface area contributed by atoms with E-state index in [2.05, 4.69) is 5.32 Å². The van der Waals surface area contributed by atoms with Gasteiger partial charge in [-0.05, 0) is 41.3 Å². The number of amides is 3. The van der Waals surface area contributed by atoms with Crippen LogP contribution in [-0.4, -0.2) is 35.7 Å². The number of hydrogen-bond donors (Lipinski definition) is 3. The summed E-state index contributed by atoms with van der Waals surface area (Å²) in [7, 11) is 0. The Hall–Kier alpha value is -4.09. The third kappa shape index (κ3) is 4.79. The van der Waals surface area contributed by atoms with Crippen LogP contribution in [0, 0.1) is 11.5 Å². The van der Waals surface area contributed by atoms with Gasteiger partial charge in [0.25, 0.3) is 11.8 Å². The van der Waals surface area contributed by atoms with Crippen molar-refractivity contribution >= 4 is 34.9 Å². The van der Waals surface area contributed by atoms with Crippen molar-refractivity contribution in [2.24, 2.45) is 11.5 Å². The van der Waals surface area contributed by atoms with E-state index in [1.807, 2.05) is 18.2 Å². The minimum Gasteiger partial charge on any atom is -0.366 e. The van der Waals surface area contributed by atoms with Crippen molar-refractivity contribution in [3.05, 3.63) is 87.6 Å². The predicted octanol–water partition coefficient (Wildman–Crippen LogP) is 1.72. The number of benzene rings is 2. The van der Waals surface area contributed by atoms with Crippen molar-refractivity contribution in [2.45, 2.75) is 6.42 Å². The van der Waals surface area contributed by atoms with Gasteiger partial charge in [0.15, 0.2) is 6.19 Å². The molecule has 1 aliphatic heterocycles. The second-order valence-electron chi connectivity index (χ2n) is 7.00. The first-order valence-electron chi connectivity index (χ1n) is 9.66. The van der Waals surface area contributed by atoms with Crippen molar-refractivity contribution in [1.82, 2.24) is 10.2 Å². The lowest BCUT2D eigenvalue weighted by Crippen LogP contribution is -2.39. The second-order valence-corrected chi connectivity index (χ2v) is 7.41. The molecular formula is C23H20ClN5O3. The Morgan fingerprint density at radius 3 is 2.50 bits per heavy atom. The number of nitrogens with one attached hydrogen (secondary N) is 1. The van der Waals surface area contributed by atoms with Gasteiger partial charge < -0.3 is 16.4 Å². The summed E-state index contributed by atoms with van der Waals surface area (Å²) < 4.78 is 0. The van der Waals surface area contributed by atoms with E-state index in [4.69, 9.17) is 28.3 Å². The van der Waals surface area contributed by atoms with Crippen LogP contribution in [-0.2, 0) is 16.0 Å². The first-order chi connectivity index (χ1) is 15.3. The van der Waals surface area contributed by atoms with Gasteiger partial charge in [0.2, 0.25) is 5.91 Å². The molecule has 0 fully saturated rings. The average molecular weight is 450 g/mol. The summed E-state index contributed by atoms with van der Waals surface area (Å²) in [4.78, 5) is 38.5. The Bertz CT molecular complexity index is 1200. The number of nitriles is 1. The van der Waals surface area contributed by atoms with Crippen LogP contribution in [0.15, 0.2) is 65.9 Å². The fourth-order valence-corrected chi connectivity index (χ4v) is 3.79. The smallest absolute Gasteiger partial charge is 0.267 e. The molecule has 0 aliphatic carbocycles. The Balaban J connectivity index is 2.05. The number of nitrogens with two attached hydrogens (primary N) is 2. The summed E-state index contributed by atoms with van der Waals surface area (Å²) in [6, 6.07) is 13.7. The molecule has 3 amide bonds. The number of nitrogens with zero attached hydrogens (tertiary/aromatic N) is 2. The topological polar surface area (TPSA) is 142 Å². The SMILES string of the molecule is N#CNC(=O)C1=C(C(N)=O)N(CCc2ccccc2Cl)CC=C1c1cccc(C(N)=O)c1. The van der Waals surface area contributed by atoms with Crippen molar-refractivity contribution in [3.63, 3.8) is 0 Å². The maximum Gasteiger partial charge on any atom is 0.267 e. The lowest BCUT2D eigenvalue weighted by Gasteiger charge is -2.31. The van der Waals surface area contributed by atoms with E-state index in [9.17, 15) is 14.4 Å². The van der Waals surface area contributed by atoms with Crippen molar-refractivity contribution in [3.8, 4) is 6.19 Å². The maximum atomic E-state index is 12.8. The zero-order valence-electron chi connectivity index (χ0n) is 17.0. The number of halogens is 1. The standard InChI is InChI=1S/C23H20ClN5O3/c24-18-7-2-1-4-14(18)8-10-29-11-9-17(15-5-3-6-16(12-15)21(26)30)19(20(29)22(27)31)23(32)28-13-25/h1-7,9,12H,8,10-11H2,(H2,26,30)(H2,27,31)(H,28,32). The average Bonchev–Trinajstić information content (AvgIpc) is 2.78. The van der Waals surface area contributed by atoms with Crippen molar-refractivity contribution < 1.29 is 14.4 Å². The summed E-state index contributed by atoms with van der Waals surface area (Å²) in [6.07, 6.45) is 3.83. The molecule has 0 unspecified atom stereocenters. The molecule has 162 valence electrons. The Morgan fingerprint density at radius 1 is 1.09 bits per heavy atom. The molecule has 0 saturated carbocycles. The molecule has 1 heterocycles. The second kappa shape index (κ2) is 9.81. The van der Waals surface area contributed by atoms with Crippen LogP contribution in [0.3, 0.4) is 0 Å². The summed E-state index contributed by atoms with van der Waals surface area (Å²) in [5.74, 6) is -2.23. The highest BCUT2D eigenvalue weighted by atomic mass is 35.5. The van der Waals surface area contributed by atoms with Gasteiger partial charge in [-0.2, -0.15) is 5.26 Å². The number of rotatable bonds is 7. The molecule has 0 radical (unpaired) electrons. The third-order valence-electron chi connectivity index (χ3n) is 5.04. The van der Waals surface area contributed by atoms with E-state index < -0.39 is 17.7 Å². The van der Waals surface area contributed by atoms with Gasteiger partial charge in [0, 0.05) is 23.7 Å². The van der Waals surface area contributed by atoms with Crippen LogP contribution in [0.2, 0.25) is 5.02 Å². The molecular weight excluding hydrogens is 430 g/mol. The highest BCUT2D eigenvalue weighted by Crippen LogP contribution is 2.32. The van der Waals surface area contributed by atoms with Crippen LogP contribution < -0.4 is 16.8 Å². The Kier molecular flexibility index (Phi) is 6.93. The third-order valence-corrected chi connectivity index (χ3v) is 5.40. The summed E-state index contributed by atoms with van der Waals surface area (Å²) in [5, 5.41) is 11.6. The van der Waals surface area contributed by atoms with E-state index in [0.29, 0.717) is 29.1 Å². The summed E-state index contributed by atoms with van der Waals surface area (Å²) in [5.41, 5.74) is 13.0. The van der Waals surface area contributed by atoms with Crippen molar-refractivity contribution in [2.75, 3.05) is 13.1 Å². The van der Waals surface area contributed by atoms with Gasteiger partial charge in [0.05, 0.1) is 5.57 Å². The van der Waals surface area contributed by atoms with Crippen LogP contribution in [0.4, 0.5) is 0 Å². The molecule has 0 bridgehead atoms. The summed E-state index contributed by atoms with van der Waals surface area (Å²) >= 11 is 6.23. The Morgan fingerprint density at radius 2 is 1.84 bits per heavy atom. The van der Waals surface area contributed by atoms with Crippen LogP contribution in [0.5, 0.6) is 0 Å². The highest BCUT2D eigenvalue weighted by molar-refractivity contribution is 6.31. The quantitative estimate of drug-likeness (QED) is 0.435. The zero-order valence-corrected chi connectivity index (χ0v) is 17.7. The molecule has 0 spiro atoms. The van der Waals surface area contributed by atoms with Gasteiger partial charge in [-0.3, -0.25) is 19.7 Å². The maximum absolute atomic E-state index is 12.8. The van der Waals surface area contributed by atoms with E-state index in [-0.39, 0.29) is 23.4 Å². The van der Waals surface area contributed by atoms with Gasteiger partial charge in [-0.1, -0.05) is 48.0 Å². The predicted molar refractivity (Wildman–Crippen MR) is 120 cm³/mol. The molecule has 9 heteroatoms. The van der Waals surface area contributed by atoms with E-state index in [1.165, 1.54) is 6.07 Å². The van der Waals surface area contributed by atoms with Crippen LogP contribution >= 0.6 is 11.6 Å². The number of hydrogen-bond acceptors (Lipinski definition) is 5. The molecule has 5 N–H and O–H groups in total. The molecule has 3 rings (SSSR count). The Labute approximate surface area is 189 Å². The van der Waals surface area contributed by atoms with E-state index in [0.717, 1.165) is 5.56 Å². The van der Waals surface area contributed by atoms with Crippen LogP contribution in [0.25, 0.3) is 5.57 Å². The van der Waals surface area contributed by atoms with Gasteiger partial charge >= 0.3 is 0 Å². The minimum absolute atomic E-state index is 0.0215. The lowest BCUT2D eigenvalue weighted by molar-refractivity contribution is -0.119. The zero-order chi connectivity index (χ0) is 23.3. The molecule has 8 nitrogen and oxygen atoms in total. The molecule has 2 aromatic rings. The monoisotopic (exact) mass is 449 g/mol. The first-order valence-corrected chi connectivity index (χ1v) is 10.0. The van der Waals surface area contributed by atoms with Crippen LogP contribution in [0.1, 0.15) is 21.5 Å². The van der Waals surface area contributed by atoms with Crippen molar-refractivity contribution in [1.29, 1.82) is 5.26 Å². The lowest BCUT2D eigenvalue weighted by atomic mass is 9.90. The van der Waals surface area contributed by atoms with E-state index in [1.54, 1.807) is 41.4 Å². The molecule has 0 aromatic heterocycles. The number of primary amides is 2. The molecule has 1 aliphatic rings. The normalized spacial score (nSPS) is 13.2. The van der Waals surface area contributed by atoms with Gasteiger partial charge in [-0.25, -0.2) is 0 Å². The number of carbonyl (C=O) groups excluding carboxylic acids is 3. The van der Waals surface area contributed by atoms with Gasteiger partial charge in [-0.15, -0.1) is 0 Å². The largest absolute Gasteiger partial charge is 0.366 e. The fourth-order valence-electron chi connectivity index (χ4n) is 3.56. The molecule has 2 aromatic carbocycles. The fraction of sp³-hybridized carbons (Fsp3) is 0.130.